The Labute approximate surface area is 202 Å². The molecule has 172 valence electrons. The Morgan fingerprint density at radius 3 is 2.36 bits per heavy atom. The van der Waals surface area contributed by atoms with Gasteiger partial charge in [-0.15, -0.1) is 12.4 Å². The Bertz CT molecular complexity index is 1130. The molecule has 0 amide bonds. The molecule has 1 saturated heterocycles. The maximum Gasteiger partial charge on any atom is 0.228 e. The van der Waals surface area contributed by atoms with E-state index in [9.17, 15) is 0 Å². The molecule has 0 spiro atoms. The summed E-state index contributed by atoms with van der Waals surface area (Å²) >= 11 is 0. The molecule has 0 bridgehead atoms. The van der Waals surface area contributed by atoms with Gasteiger partial charge in [0.1, 0.15) is 5.69 Å². The molecular weight excluding hydrogens is 430 g/mol. The summed E-state index contributed by atoms with van der Waals surface area (Å²) < 4.78 is 5.89. The van der Waals surface area contributed by atoms with Crippen molar-refractivity contribution in [3.8, 4) is 11.3 Å². The molecule has 5 heteroatoms. The number of aromatic nitrogens is 1. The first kappa shape index (κ1) is 23.3. The maximum absolute atomic E-state index is 5.89. The van der Waals surface area contributed by atoms with Crippen LogP contribution in [0.5, 0.6) is 0 Å². The number of hydrogen-bond donors (Lipinski definition) is 0. The molecular formula is C28H32ClN3O. The summed E-state index contributed by atoms with van der Waals surface area (Å²) in [6, 6.07) is 27.5. The van der Waals surface area contributed by atoms with Crippen molar-refractivity contribution in [3.63, 3.8) is 0 Å². The largest absolute Gasteiger partial charge is 0.338 e. The van der Waals surface area contributed by atoms with E-state index < -0.39 is 0 Å². The van der Waals surface area contributed by atoms with Gasteiger partial charge in [0.05, 0.1) is 0 Å². The highest BCUT2D eigenvalue weighted by molar-refractivity contribution is 5.86. The Morgan fingerprint density at radius 2 is 1.55 bits per heavy atom. The van der Waals surface area contributed by atoms with Crippen LogP contribution in [-0.4, -0.2) is 36.2 Å². The minimum atomic E-state index is 0. The summed E-state index contributed by atoms with van der Waals surface area (Å²) in [7, 11) is 0. The molecule has 0 unspecified atom stereocenters. The number of benzene rings is 3. The molecule has 0 aliphatic carbocycles. The van der Waals surface area contributed by atoms with E-state index in [1.165, 1.54) is 55.1 Å². The second kappa shape index (κ2) is 11.4. The van der Waals surface area contributed by atoms with E-state index in [2.05, 4.69) is 75.6 Å². The van der Waals surface area contributed by atoms with Crippen LogP contribution in [0.3, 0.4) is 0 Å². The van der Waals surface area contributed by atoms with Crippen molar-refractivity contribution in [2.75, 3.05) is 31.1 Å². The lowest BCUT2D eigenvalue weighted by Gasteiger charge is -2.26. The monoisotopic (exact) mass is 461 g/mol. The van der Waals surface area contributed by atoms with Gasteiger partial charge in [-0.05, 0) is 42.3 Å². The van der Waals surface area contributed by atoms with Gasteiger partial charge in [-0.3, -0.25) is 0 Å². The van der Waals surface area contributed by atoms with E-state index in [-0.39, 0.29) is 12.4 Å². The minimum absolute atomic E-state index is 0. The van der Waals surface area contributed by atoms with Crippen LogP contribution < -0.4 is 4.90 Å². The SMILES string of the molecule is Cl.c1ccc(-c2cc(N(CCN3CCCCCC3)Cc3cccc4ccccc34)on2)cc1. The molecule has 0 saturated carbocycles. The fourth-order valence-electron chi connectivity index (χ4n) is 4.68. The number of fused-ring (bicyclic) bond motifs is 1. The van der Waals surface area contributed by atoms with Gasteiger partial charge in [0.15, 0.2) is 0 Å². The average molecular weight is 462 g/mol. The Hall–Kier alpha value is -2.82. The van der Waals surface area contributed by atoms with Gasteiger partial charge < -0.3 is 14.3 Å². The lowest BCUT2D eigenvalue weighted by atomic mass is 10.0. The third kappa shape index (κ3) is 5.76. The number of hydrogen-bond acceptors (Lipinski definition) is 4. The van der Waals surface area contributed by atoms with E-state index in [0.29, 0.717) is 0 Å². The molecule has 1 aliphatic heterocycles. The molecule has 1 fully saturated rings. The lowest BCUT2D eigenvalue weighted by Crippen LogP contribution is -2.35. The molecule has 4 nitrogen and oxygen atoms in total. The van der Waals surface area contributed by atoms with Gasteiger partial charge in [0, 0.05) is 31.3 Å². The zero-order valence-corrected chi connectivity index (χ0v) is 19.8. The molecule has 1 aliphatic rings. The zero-order valence-electron chi connectivity index (χ0n) is 19.0. The van der Waals surface area contributed by atoms with Crippen molar-refractivity contribution in [2.24, 2.45) is 0 Å². The Kier molecular flexibility index (Phi) is 8.03. The topological polar surface area (TPSA) is 32.5 Å². The van der Waals surface area contributed by atoms with Crippen molar-refractivity contribution in [2.45, 2.75) is 32.2 Å². The predicted octanol–water partition coefficient (Wildman–Crippen LogP) is 6.80. The second-order valence-electron chi connectivity index (χ2n) is 8.73. The van der Waals surface area contributed by atoms with Crippen LogP contribution in [0.4, 0.5) is 5.88 Å². The van der Waals surface area contributed by atoms with Gasteiger partial charge in [-0.2, -0.15) is 0 Å². The van der Waals surface area contributed by atoms with Crippen LogP contribution >= 0.6 is 12.4 Å². The van der Waals surface area contributed by atoms with Crippen LogP contribution in [0.2, 0.25) is 0 Å². The number of rotatable bonds is 7. The summed E-state index contributed by atoms with van der Waals surface area (Å²) in [6.45, 7) is 5.18. The van der Waals surface area contributed by atoms with E-state index in [1.807, 2.05) is 18.2 Å². The highest BCUT2D eigenvalue weighted by atomic mass is 35.5. The predicted molar refractivity (Wildman–Crippen MR) is 139 cm³/mol. The molecule has 0 radical (unpaired) electrons. The smallest absolute Gasteiger partial charge is 0.228 e. The number of likely N-dealkylation sites (tertiary alicyclic amines) is 1. The molecule has 3 aromatic carbocycles. The number of halogens is 1. The van der Waals surface area contributed by atoms with Gasteiger partial charge in [0.2, 0.25) is 5.88 Å². The van der Waals surface area contributed by atoms with Crippen LogP contribution in [0, 0.1) is 0 Å². The van der Waals surface area contributed by atoms with Crippen molar-refractivity contribution < 1.29 is 4.52 Å². The Balaban J connectivity index is 0.00000259. The second-order valence-corrected chi connectivity index (χ2v) is 8.73. The maximum atomic E-state index is 5.89. The summed E-state index contributed by atoms with van der Waals surface area (Å²) in [4.78, 5) is 4.96. The quantitative estimate of drug-likeness (QED) is 0.303. The standard InChI is InChI=1S/C28H31N3O.ClH/c1-2-9-18-30(17-8-1)19-20-31(22-25-15-10-14-23-11-6-7-16-26(23)25)28-21-27(29-32-28)24-12-4-3-5-13-24;/h3-7,10-16,21H,1-2,8-9,17-20,22H2;1H. The fraction of sp³-hybridized carbons (Fsp3) is 0.321. The lowest BCUT2D eigenvalue weighted by molar-refractivity contribution is 0.287. The normalized spacial score (nSPS) is 14.5. The summed E-state index contributed by atoms with van der Waals surface area (Å²) in [5.41, 5.74) is 3.29. The van der Waals surface area contributed by atoms with E-state index in [4.69, 9.17) is 4.52 Å². The summed E-state index contributed by atoms with van der Waals surface area (Å²) in [5, 5.41) is 6.97. The highest BCUT2D eigenvalue weighted by Gasteiger charge is 2.18. The molecule has 1 aromatic heterocycles. The molecule has 4 aromatic rings. The van der Waals surface area contributed by atoms with Gasteiger partial charge in [-0.1, -0.05) is 90.8 Å². The first-order chi connectivity index (χ1) is 15.9. The van der Waals surface area contributed by atoms with Crippen LogP contribution in [-0.2, 0) is 6.54 Å². The molecule has 0 atom stereocenters. The summed E-state index contributed by atoms with van der Waals surface area (Å²) in [5.74, 6) is 0.839. The van der Waals surface area contributed by atoms with Gasteiger partial charge in [-0.25, -0.2) is 0 Å². The van der Waals surface area contributed by atoms with Crippen LogP contribution in [0.15, 0.2) is 83.4 Å². The fourth-order valence-corrected chi connectivity index (χ4v) is 4.68. The van der Waals surface area contributed by atoms with Crippen molar-refractivity contribution in [1.82, 2.24) is 10.1 Å². The first-order valence-corrected chi connectivity index (χ1v) is 11.8. The van der Waals surface area contributed by atoms with Crippen LogP contribution in [0.25, 0.3) is 22.0 Å². The van der Waals surface area contributed by atoms with Crippen molar-refractivity contribution in [3.05, 3.63) is 84.4 Å². The van der Waals surface area contributed by atoms with Gasteiger partial charge >= 0.3 is 0 Å². The van der Waals surface area contributed by atoms with Crippen molar-refractivity contribution in [1.29, 1.82) is 0 Å². The van der Waals surface area contributed by atoms with Crippen molar-refractivity contribution >= 4 is 29.1 Å². The molecule has 33 heavy (non-hydrogen) atoms. The highest BCUT2D eigenvalue weighted by Crippen LogP contribution is 2.27. The van der Waals surface area contributed by atoms with E-state index >= 15 is 0 Å². The molecule has 5 rings (SSSR count). The Morgan fingerprint density at radius 1 is 0.818 bits per heavy atom. The average Bonchev–Trinajstić information content (AvgIpc) is 3.19. The third-order valence-electron chi connectivity index (χ3n) is 6.50. The third-order valence-corrected chi connectivity index (χ3v) is 6.50. The molecule has 2 heterocycles. The zero-order chi connectivity index (χ0) is 21.6. The van der Waals surface area contributed by atoms with E-state index in [1.54, 1.807) is 0 Å². The summed E-state index contributed by atoms with van der Waals surface area (Å²) in [6.07, 6.45) is 5.34. The number of nitrogens with zero attached hydrogens (tertiary/aromatic N) is 3. The first-order valence-electron chi connectivity index (χ1n) is 11.8. The minimum Gasteiger partial charge on any atom is -0.338 e. The van der Waals surface area contributed by atoms with Gasteiger partial charge in [0.25, 0.3) is 0 Å². The molecule has 0 N–H and O–H groups in total. The van der Waals surface area contributed by atoms with E-state index in [0.717, 1.165) is 36.8 Å². The number of anilines is 1. The van der Waals surface area contributed by atoms with Crippen LogP contribution in [0.1, 0.15) is 31.2 Å².